The van der Waals surface area contributed by atoms with Gasteiger partial charge in [-0.3, -0.25) is 19.4 Å². The Bertz CT molecular complexity index is 910. The number of amides is 2. The van der Waals surface area contributed by atoms with Crippen molar-refractivity contribution in [3.8, 4) is 0 Å². The first-order valence-electron chi connectivity index (χ1n) is 12.7. The molecule has 1 aromatic rings. The second-order valence-electron chi connectivity index (χ2n) is 11.7. The molecule has 3 rings (SSSR count). The van der Waals surface area contributed by atoms with Gasteiger partial charge in [-0.2, -0.15) is 13.2 Å². The summed E-state index contributed by atoms with van der Waals surface area (Å²) in [6.45, 7) is 11.5. The van der Waals surface area contributed by atoms with Crippen molar-refractivity contribution in [1.29, 1.82) is 0 Å². The number of fused-ring (bicyclic) bond motifs is 1. The molecule has 1 aromatic carbocycles. The zero-order chi connectivity index (χ0) is 26.1. The molecule has 0 unspecified atom stereocenters. The third-order valence-electron chi connectivity index (χ3n) is 7.34. The topological polar surface area (TPSA) is 52.7 Å². The van der Waals surface area contributed by atoms with Crippen molar-refractivity contribution in [1.82, 2.24) is 15.1 Å². The van der Waals surface area contributed by atoms with E-state index in [4.69, 9.17) is 0 Å². The number of nitrogens with zero attached hydrogens (tertiary/aromatic N) is 2. The van der Waals surface area contributed by atoms with Gasteiger partial charge < -0.3 is 5.32 Å². The molecule has 2 aliphatic rings. The normalized spacial score (nSPS) is 24.0. The number of alkyl halides is 3. The molecule has 8 heteroatoms. The minimum absolute atomic E-state index is 0.132. The van der Waals surface area contributed by atoms with Crippen LogP contribution >= 0.6 is 0 Å². The number of carbonyl (C=O) groups is 2. The van der Waals surface area contributed by atoms with Crippen molar-refractivity contribution in [3.63, 3.8) is 0 Å². The van der Waals surface area contributed by atoms with Crippen LogP contribution in [0.1, 0.15) is 65.0 Å². The second-order valence-corrected chi connectivity index (χ2v) is 11.7. The van der Waals surface area contributed by atoms with Crippen molar-refractivity contribution >= 4 is 11.8 Å². The van der Waals surface area contributed by atoms with E-state index < -0.39 is 23.2 Å². The highest BCUT2D eigenvalue weighted by molar-refractivity contribution is 6.00. The van der Waals surface area contributed by atoms with Crippen LogP contribution < -0.4 is 5.32 Å². The lowest BCUT2D eigenvalue weighted by atomic mass is 9.90. The van der Waals surface area contributed by atoms with E-state index in [-0.39, 0.29) is 23.8 Å². The van der Waals surface area contributed by atoms with Gasteiger partial charge in [0.2, 0.25) is 11.8 Å². The molecule has 2 amide bonds. The number of likely N-dealkylation sites (tertiary alicyclic amines) is 1. The van der Waals surface area contributed by atoms with Crippen molar-refractivity contribution in [3.05, 3.63) is 35.4 Å². The smallest absolute Gasteiger partial charge is 0.309 e. The van der Waals surface area contributed by atoms with E-state index in [1.165, 1.54) is 12.1 Å². The Balaban J connectivity index is 1.80. The molecular formula is C27H40F3N3O2. The molecule has 2 fully saturated rings. The molecule has 0 radical (unpaired) electrons. The first-order valence-corrected chi connectivity index (χ1v) is 12.7. The number of carbonyl (C=O) groups excluding carboxylic acids is 2. The fraction of sp³-hybridized carbons (Fsp3) is 0.704. The SMILES string of the molecule is CN[C@@H](CC(C)C)C(=O)N(C(=O)C(C)(C)C)[C@@H]1CC[C@H]2CN(Cc3cccc(C(F)(F)F)c3)C[C@H]21. The lowest BCUT2D eigenvalue weighted by Gasteiger charge is -2.38. The average Bonchev–Trinajstić information content (AvgIpc) is 3.31. The number of hydrogen-bond donors (Lipinski definition) is 1. The Kier molecular flexibility index (Phi) is 8.37. The molecular weight excluding hydrogens is 455 g/mol. The quantitative estimate of drug-likeness (QED) is 0.582. The minimum atomic E-state index is -4.36. The summed E-state index contributed by atoms with van der Waals surface area (Å²) in [5.74, 6) is 0.435. The zero-order valence-corrected chi connectivity index (χ0v) is 21.8. The Morgan fingerprint density at radius 2 is 1.83 bits per heavy atom. The standard InChI is InChI=1S/C27H40F3N3O2/c1-17(2)12-22(31-6)24(34)33(25(35)26(3,4)5)23-11-10-19-15-32(16-21(19)23)14-18-8-7-9-20(13-18)27(28,29)30/h7-9,13,17,19,21-23,31H,10-12,14-16H2,1-6H3/t19-,21+,22-,23+/m0/s1. The van der Waals surface area contributed by atoms with Crippen LogP contribution in [0.4, 0.5) is 13.2 Å². The number of nitrogens with one attached hydrogen (secondary N) is 1. The van der Waals surface area contributed by atoms with Crippen molar-refractivity contribution < 1.29 is 22.8 Å². The monoisotopic (exact) mass is 495 g/mol. The van der Waals surface area contributed by atoms with E-state index in [1.54, 1.807) is 18.0 Å². The van der Waals surface area contributed by atoms with Crippen LogP contribution in [-0.2, 0) is 22.3 Å². The summed E-state index contributed by atoms with van der Waals surface area (Å²) >= 11 is 0. The average molecular weight is 496 g/mol. The molecule has 5 nitrogen and oxygen atoms in total. The first-order chi connectivity index (χ1) is 16.2. The molecule has 0 bridgehead atoms. The summed E-state index contributed by atoms with van der Waals surface area (Å²) in [6.07, 6.45) is -2.04. The molecule has 4 atom stereocenters. The Labute approximate surface area is 207 Å². The summed E-state index contributed by atoms with van der Waals surface area (Å²) < 4.78 is 39.4. The number of halogens is 3. The maximum Gasteiger partial charge on any atom is 0.416 e. The number of hydrogen-bond acceptors (Lipinski definition) is 4. The van der Waals surface area contributed by atoms with Crippen LogP contribution in [0, 0.1) is 23.2 Å². The van der Waals surface area contributed by atoms with Gasteiger partial charge in [-0.15, -0.1) is 0 Å². The molecule has 0 spiro atoms. The molecule has 196 valence electrons. The van der Waals surface area contributed by atoms with E-state index in [1.807, 2.05) is 20.8 Å². The molecule has 1 heterocycles. The van der Waals surface area contributed by atoms with E-state index in [0.29, 0.717) is 36.9 Å². The fourth-order valence-corrected chi connectivity index (χ4v) is 5.64. The summed E-state index contributed by atoms with van der Waals surface area (Å²) in [5, 5.41) is 3.12. The van der Waals surface area contributed by atoms with Crippen LogP contribution in [0.15, 0.2) is 24.3 Å². The molecule has 35 heavy (non-hydrogen) atoms. The van der Waals surface area contributed by atoms with Crippen LogP contribution in [-0.4, -0.2) is 53.8 Å². The third-order valence-corrected chi connectivity index (χ3v) is 7.34. The lowest BCUT2D eigenvalue weighted by Crippen LogP contribution is -2.57. The Morgan fingerprint density at radius 3 is 2.40 bits per heavy atom. The number of rotatable bonds is 7. The molecule has 1 N–H and O–H groups in total. The van der Waals surface area contributed by atoms with Gasteiger partial charge >= 0.3 is 6.18 Å². The summed E-state index contributed by atoms with van der Waals surface area (Å²) in [4.78, 5) is 31.0. The number of imide groups is 1. The predicted molar refractivity (Wildman–Crippen MR) is 130 cm³/mol. The largest absolute Gasteiger partial charge is 0.416 e. The first kappa shape index (κ1) is 27.7. The van der Waals surface area contributed by atoms with Gasteiger partial charge in [-0.25, -0.2) is 0 Å². The van der Waals surface area contributed by atoms with Gasteiger partial charge in [-0.1, -0.05) is 52.8 Å². The van der Waals surface area contributed by atoms with Gasteiger partial charge in [0.15, 0.2) is 0 Å². The van der Waals surface area contributed by atoms with Crippen LogP contribution in [0.5, 0.6) is 0 Å². The number of benzene rings is 1. The van der Waals surface area contributed by atoms with Gasteiger partial charge in [0.1, 0.15) is 0 Å². The summed E-state index contributed by atoms with van der Waals surface area (Å²) in [5.41, 5.74) is -0.703. The van der Waals surface area contributed by atoms with Crippen molar-refractivity contribution in [2.75, 3.05) is 20.1 Å². The maximum absolute atomic E-state index is 13.7. The van der Waals surface area contributed by atoms with E-state index >= 15 is 0 Å². The maximum atomic E-state index is 13.7. The lowest BCUT2D eigenvalue weighted by molar-refractivity contribution is -0.155. The van der Waals surface area contributed by atoms with Crippen LogP contribution in [0.2, 0.25) is 0 Å². The Hall–Kier alpha value is -1.93. The van der Waals surface area contributed by atoms with Crippen molar-refractivity contribution in [2.45, 2.75) is 78.7 Å². The highest BCUT2D eigenvalue weighted by Gasteiger charge is 2.49. The molecule has 1 aliphatic carbocycles. The van der Waals surface area contributed by atoms with E-state index in [2.05, 4.69) is 24.1 Å². The molecule has 0 aromatic heterocycles. The zero-order valence-electron chi connectivity index (χ0n) is 21.8. The fourth-order valence-electron chi connectivity index (χ4n) is 5.64. The number of likely N-dealkylation sites (N-methyl/N-ethyl adjacent to an activating group) is 1. The van der Waals surface area contributed by atoms with E-state index in [0.717, 1.165) is 25.5 Å². The summed E-state index contributed by atoms with van der Waals surface area (Å²) in [6, 6.07) is 4.87. The van der Waals surface area contributed by atoms with Crippen LogP contribution in [0.25, 0.3) is 0 Å². The minimum Gasteiger partial charge on any atom is -0.309 e. The highest BCUT2D eigenvalue weighted by Crippen LogP contribution is 2.42. The summed E-state index contributed by atoms with van der Waals surface area (Å²) in [7, 11) is 1.76. The van der Waals surface area contributed by atoms with E-state index in [9.17, 15) is 22.8 Å². The molecule has 1 saturated carbocycles. The highest BCUT2D eigenvalue weighted by atomic mass is 19.4. The third kappa shape index (κ3) is 6.45. The molecule has 1 aliphatic heterocycles. The molecule has 1 saturated heterocycles. The van der Waals surface area contributed by atoms with Gasteiger partial charge in [0.25, 0.3) is 0 Å². The van der Waals surface area contributed by atoms with Gasteiger partial charge in [-0.05, 0) is 55.7 Å². The second kappa shape index (κ2) is 10.6. The van der Waals surface area contributed by atoms with Gasteiger partial charge in [0.05, 0.1) is 11.6 Å². The van der Waals surface area contributed by atoms with Gasteiger partial charge in [0, 0.05) is 31.1 Å². The Morgan fingerprint density at radius 1 is 1.14 bits per heavy atom. The van der Waals surface area contributed by atoms with Crippen molar-refractivity contribution in [2.24, 2.45) is 23.2 Å². The van der Waals surface area contributed by atoms with Crippen LogP contribution in [0.3, 0.4) is 0 Å². The predicted octanol–water partition coefficient (Wildman–Crippen LogP) is 4.95.